The number of rotatable bonds is 26. The van der Waals surface area contributed by atoms with Crippen LogP contribution in [0.25, 0.3) is 0 Å². The summed E-state index contributed by atoms with van der Waals surface area (Å²) >= 11 is 0. The maximum absolute atomic E-state index is 11.9. The van der Waals surface area contributed by atoms with Gasteiger partial charge in [-0.2, -0.15) is 0 Å². The summed E-state index contributed by atoms with van der Waals surface area (Å²) in [5.74, 6) is 0.374. The Labute approximate surface area is 255 Å². The van der Waals surface area contributed by atoms with E-state index in [1.165, 1.54) is 0 Å². The SMILES string of the molecule is CC(=O)CCCCCCC(=O)NCCOC1OCC(COCC2COC(OCCNC(=O)CCCCCCC(C)=O)O2)O1. The van der Waals surface area contributed by atoms with E-state index in [2.05, 4.69) is 10.6 Å². The van der Waals surface area contributed by atoms with Gasteiger partial charge in [0, 0.05) is 38.8 Å². The Morgan fingerprint density at radius 1 is 0.605 bits per heavy atom. The smallest absolute Gasteiger partial charge is 0.272 e. The van der Waals surface area contributed by atoms with E-state index in [1.54, 1.807) is 13.8 Å². The Bertz CT molecular complexity index is 749. The van der Waals surface area contributed by atoms with Gasteiger partial charge in [0.1, 0.15) is 23.8 Å². The van der Waals surface area contributed by atoms with E-state index in [1.807, 2.05) is 0 Å². The third-order valence-electron chi connectivity index (χ3n) is 6.77. The number of ether oxygens (including phenoxy) is 7. The van der Waals surface area contributed by atoms with Crippen molar-refractivity contribution in [3.8, 4) is 0 Å². The summed E-state index contributed by atoms with van der Waals surface area (Å²) in [6.07, 6.45) is 8.76. The van der Waals surface area contributed by atoms with Gasteiger partial charge in [0.05, 0.1) is 39.6 Å². The number of nitrogens with one attached hydrogen (secondary N) is 2. The summed E-state index contributed by atoms with van der Waals surface area (Å²) in [4.78, 5) is 45.6. The molecule has 2 fully saturated rings. The lowest BCUT2D eigenvalue weighted by Gasteiger charge is -2.15. The second-order valence-corrected chi connectivity index (χ2v) is 11.0. The van der Waals surface area contributed by atoms with Crippen LogP contribution in [0.2, 0.25) is 0 Å². The maximum atomic E-state index is 11.9. The van der Waals surface area contributed by atoms with E-state index in [4.69, 9.17) is 33.2 Å². The number of carbonyl (C=O) groups is 4. The number of Topliss-reactive ketones (excluding diaryl/α,β-unsaturated/α-hetero) is 2. The molecule has 0 saturated carbocycles. The van der Waals surface area contributed by atoms with Gasteiger partial charge >= 0.3 is 0 Å². The molecule has 0 aromatic carbocycles. The van der Waals surface area contributed by atoms with Crippen LogP contribution < -0.4 is 10.6 Å². The molecule has 2 rings (SSSR count). The zero-order valence-electron chi connectivity index (χ0n) is 25.9. The highest BCUT2D eigenvalue weighted by Crippen LogP contribution is 2.16. The molecule has 0 spiro atoms. The van der Waals surface area contributed by atoms with Gasteiger partial charge in [0.25, 0.3) is 13.0 Å². The molecular formula is C30H52N2O11. The van der Waals surface area contributed by atoms with Crippen LogP contribution in [0.1, 0.15) is 90.9 Å². The predicted molar refractivity (Wildman–Crippen MR) is 155 cm³/mol. The highest BCUT2D eigenvalue weighted by molar-refractivity contribution is 5.76. The largest absolute Gasteiger partial charge is 0.376 e. The van der Waals surface area contributed by atoms with Gasteiger partial charge in [-0.05, 0) is 39.5 Å². The van der Waals surface area contributed by atoms with Gasteiger partial charge < -0.3 is 53.4 Å². The van der Waals surface area contributed by atoms with Crippen molar-refractivity contribution in [2.45, 2.75) is 116 Å². The Hall–Kier alpha value is -2.00. The van der Waals surface area contributed by atoms with Crippen LogP contribution in [-0.2, 0) is 52.3 Å². The normalized spacial score (nSPS) is 21.6. The molecule has 2 aliphatic rings. The summed E-state index contributed by atoms with van der Waals surface area (Å²) in [7, 11) is 0. The topological polar surface area (TPSA) is 157 Å². The number of amides is 2. The fourth-order valence-corrected chi connectivity index (χ4v) is 4.42. The highest BCUT2D eigenvalue weighted by Gasteiger charge is 2.29. The second kappa shape index (κ2) is 23.4. The van der Waals surface area contributed by atoms with Gasteiger partial charge in [-0.3, -0.25) is 9.59 Å². The Morgan fingerprint density at radius 2 is 1.00 bits per heavy atom. The number of ketones is 2. The zero-order valence-corrected chi connectivity index (χ0v) is 25.9. The van der Waals surface area contributed by atoms with Crippen LogP contribution in [0.5, 0.6) is 0 Å². The van der Waals surface area contributed by atoms with Gasteiger partial charge in [-0.15, -0.1) is 0 Å². The molecule has 2 aliphatic heterocycles. The fraction of sp³-hybridized carbons (Fsp3) is 0.867. The van der Waals surface area contributed by atoms with Crippen molar-refractivity contribution < 1.29 is 52.3 Å². The second-order valence-electron chi connectivity index (χ2n) is 11.0. The van der Waals surface area contributed by atoms with Crippen LogP contribution in [0.3, 0.4) is 0 Å². The lowest BCUT2D eigenvalue weighted by molar-refractivity contribution is -0.242. The fourth-order valence-electron chi connectivity index (χ4n) is 4.42. The summed E-state index contributed by atoms with van der Waals surface area (Å²) in [6, 6.07) is 0. The minimum Gasteiger partial charge on any atom is -0.376 e. The van der Waals surface area contributed by atoms with Crippen molar-refractivity contribution in [2.24, 2.45) is 0 Å². The van der Waals surface area contributed by atoms with Crippen LogP contribution in [0.15, 0.2) is 0 Å². The molecule has 4 unspecified atom stereocenters. The predicted octanol–water partition coefficient (Wildman–Crippen LogP) is 2.53. The van der Waals surface area contributed by atoms with Crippen molar-refractivity contribution in [1.29, 1.82) is 0 Å². The molecule has 13 nitrogen and oxygen atoms in total. The molecule has 2 amide bonds. The van der Waals surface area contributed by atoms with Crippen LogP contribution in [-0.4, -0.2) is 101 Å². The number of hydrogen-bond donors (Lipinski definition) is 2. The number of carbonyl (C=O) groups excluding carboxylic acids is 4. The van der Waals surface area contributed by atoms with E-state index >= 15 is 0 Å². The molecule has 43 heavy (non-hydrogen) atoms. The molecule has 2 heterocycles. The van der Waals surface area contributed by atoms with Crippen LogP contribution in [0, 0.1) is 0 Å². The Morgan fingerprint density at radius 3 is 1.40 bits per heavy atom. The van der Waals surface area contributed by atoms with Gasteiger partial charge in [-0.25, -0.2) is 0 Å². The first-order valence-corrected chi connectivity index (χ1v) is 15.7. The molecule has 0 aromatic rings. The van der Waals surface area contributed by atoms with Crippen molar-refractivity contribution in [2.75, 3.05) is 52.7 Å². The maximum Gasteiger partial charge on any atom is 0.272 e. The lowest BCUT2D eigenvalue weighted by atomic mass is 10.1. The minimum atomic E-state index is -0.797. The first kappa shape index (κ1) is 37.2. The van der Waals surface area contributed by atoms with Gasteiger partial charge in [-0.1, -0.05) is 25.7 Å². The lowest BCUT2D eigenvalue weighted by Crippen LogP contribution is -2.29. The van der Waals surface area contributed by atoms with E-state index in [0.717, 1.165) is 51.4 Å². The molecule has 2 saturated heterocycles. The standard InChI is InChI=1S/C30H52N2O11/c1-23(33)11-7-3-5-9-13-27(35)31-15-17-38-29-40-21-25(42-29)19-37-20-26-22-41-30(43-26)39-18-16-32-28(36)14-10-6-4-8-12-24(2)34/h25-26,29-30H,3-22H2,1-2H3,(H,31,35)(H,32,36). The van der Waals surface area contributed by atoms with Crippen molar-refractivity contribution in [1.82, 2.24) is 10.6 Å². The van der Waals surface area contributed by atoms with Crippen molar-refractivity contribution >= 4 is 23.4 Å². The van der Waals surface area contributed by atoms with Gasteiger partial charge in [0.15, 0.2) is 0 Å². The van der Waals surface area contributed by atoms with E-state index in [9.17, 15) is 19.2 Å². The van der Waals surface area contributed by atoms with E-state index in [-0.39, 0.29) is 48.8 Å². The average molecular weight is 617 g/mol. The Balaban J connectivity index is 1.38. The summed E-state index contributed by atoms with van der Waals surface area (Å²) in [6.45, 7) is 4.14. The first-order valence-electron chi connectivity index (χ1n) is 15.7. The summed E-state index contributed by atoms with van der Waals surface area (Å²) in [5, 5.41) is 5.63. The van der Waals surface area contributed by atoms with E-state index < -0.39 is 13.0 Å². The van der Waals surface area contributed by atoms with Crippen LogP contribution >= 0.6 is 0 Å². The molecular weight excluding hydrogens is 564 g/mol. The molecule has 0 aromatic heterocycles. The number of hydrogen-bond acceptors (Lipinski definition) is 11. The van der Waals surface area contributed by atoms with Crippen molar-refractivity contribution in [3.63, 3.8) is 0 Å². The quantitative estimate of drug-likeness (QED) is 0.138. The first-order chi connectivity index (χ1) is 20.8. The molecule has 13 heteroatoms. The Kier molecular flexibility index (Phi) is 20.2. The van der Waals surface area contributed by atoms with Crippen LogP contribution in [0.4, 0.5) is 0 Å². The average Bonchev–Trinajstić information content (AvgIpc) is 3.62. The van der Waals surface area contributed by atoms with E-state index in [0.29, 0.717) is 65.2 Å². The summed E-state index contributed by atoms with van der Waals surface area (Å²) in [5.41, 5.74) is 0. The molecule has 0 radical (unpaired) electrons. The molecule has 248 valence electrons. The highest BCUT2D eigenvalue weighted by atomic mass is 16.9. The van der Waals surface area contributed by atoms with Gasteiger partial charge in [0.2, 0.25) is 11.8 Å². The molecule has 0 aliphatic carbocycles. The van der Waals surface area contributed by atoms with Crippen molar-refractivity contribution in [3.05, 3.63) is 0 Å². The number of unbranched alkanes of at least 4 members (excludes halogenated alkanes) is 6. The minimum absolute atomic E-state index is 0.0205. The molecule has 4 atom stereocenters. The third-order valence-corrected chi connectivity index (χ3v) is 6.77. The third kappa shape index (κ3) is 19.8. The zero-order chi connectivity index (χ0) is 31.1. The molecule has 2 N–H and O–H groups in total. The molecule has 0 bridgehead atoms. The monoisotopic (exact) mass is 616 g/mol. The summed E-state index contributed by atoms with van der Waals surface area (Å²) < 4.78 is 39.0.